The fraction of sp³-hybridized carbons (Fsp3) is 0.375. The zero-order chi connectivity index (χ0) is 22.4. The van der Waals surface area contributed by atoms with E-state index in [1.165, 1.54) is 5.56 Å². The Hall–Kier alpha value is -2.93. The van der Waals surface area contributed by atoms with Crippen LogP contribution in [-0.2, 0) is 17.8 Å². The number of carbonyl (C=O) groups excluding carboxylic acids is 2. The van der Waals surface area contributed by atoms with E-state index in [1.54, 1.807) is 20.9 Å². The molecule has 1 N–H and O–H groups in total. The number of carbonyl (C=O) groups is 2. The highest BCUT2D eigenvalue weighted by Gasteiger charge is 2.49. The van der Waals surface area contributed by atoms with Crippen molar-refractivity contribution in [3.63, 3.8) is 0 Å². The minimum atomic E-state index is -1.12. The highest BCUT2D eigenvalue weighted by Crippen LogP contribution is 2.35. The first kappa shape index (κ1) is 21.3. The minimum Gasteiger partial charge on any atom is -0.349 e. The number of benzene rings is 1. The first-order chi connectivity index (χ1) is 14.6. The number of amides is 2. The van der Waals surface area contributed by atoms with Crippen LogP contribution in [0.25, 0.3) is 10.6 Å². The molecule has 31 heavy (non-hydrogen) atoms. The average molecular weight is 437 g/mol. The number of fused-ring (bicyclic) bond motifs is 1. The Morgan fingerprint density at radius 2 is 1.94 bits per heavy atom. The van der Waals surface area contributed by atoms with Crippen LogP contribution in [0.1, 0.15) is 50.7 Å². The number of nitrogens with one attached hydrogen (secondary N) is 1. The van der Waals surface area contributed by atoms with Gasteiger partial charge in [-0.2, -0.15) is 5.10 Å². The van der Waals surface area contributed by atoms with Gasteiger partial charge in [0.2, 0.25) is 5.91 Å². The van der Waals surface area contributed by atoms with Crippen molar-refractivity contribution in [3.8, 4) is 10.6 Å². The number of hydrogen-bond acceptors (Lipinski definition) is 4. The number of aromatic nitrogens is 2. The Kier molecular flexibility index (Phi) is 5.25. The van der Waals surface area contributed by atoms with Crippen LogP contribution >= 0.6 is 11.3 Å². The van der Waals surface area contributed by atoms with Gasteiger partial charge < -0.3 is 5.32 Å². The van der Waals surface area contributed by atoms with Crippen LogP contribution in [0, 0.1) is 0 Å². The van der Waals surface area contributed by atoms with Gasteiger partial charge in [-0.1, -0.05) is 25.1 Å². The topological polar surface area (TPSA) is 67.2 Å². The van der Waals surface area contributed by atoms with Gasteiger partial charge in [0.15, 0.2) is 0 Å². The second-order valence-corrected chi connectivity index (χ2v) is 10.1. The van der Waals surface area contributed by atoms with E-state index in [-0.39, 0.29) is 18.4 Å². The smallest absolute Gasteiger partial charge is 0.277 e. The zero-order valence-corrected chi connectivity index (χ0v) is 19.4. The molecule has 162 valence electrons. The highest BCUT2D eigenvalue weighted by atomic mass is 32.1. The molecule has 0 saturated heterocycles. The van der Waals surface area contributed by atoms with Crippen molar-refractivity contribution >= 4 is 28.8 Å². The largest absolute Gasteiger partial charge is 0.349 e. The third-order valence-electron chi connectivity index (χ3n) is 5.51. The lowest BCUT2D eigenvalue weighted by atomic mass is 9.92. The first-order valence-electron chi connectivity index (χ1n) is 10.5. The maximum atomic E-state index is 13.7. The second kappa shape index (κ2) is 7.64. The summed E-state index contributed by atoms with van der Waals surface area (Å²) in [7, 11) is 0. The molecule has 0 radical (unpaired) electrons. The van der Waals surface area contributed by atoms with Gasteiger partial charge in [-0.15, -0.1) is 11.3 Å². The van der Waals surface area contributed by atoms with E-state index in [2.05, 4.69) is 17.3 Å². The molecule has 0 aliphatic carbocycles. The van der Waals surface area contributed by atoms with Gasteiger partial charge in [-0.05, 0) is 69.3 Å². The lowest BCUT2D eigenvalue weighted by Crippen LogP contribution is -2.66. The maximum absolute atomic E-state index is 13.7. The molecule has 4 rings (SSSR count). The van der Waals surface area contributed by atoms with Crippen molar-refractivity contribution < 1.29 is 9.59 Å². The summed E-state index contributed by atoms with van der Waals surface area (Å²) in [6.45, 7) is 9.99. The predicted octanol–water partition coefficient (Wildman–Crippen LogP) is 4.51. The van der Waals surface area contributed by atoms with Crippen LogP contribution in [0.2, 0.25) is 0 Å². The van der Waals surface area contributed by atoms with Gasteiger partial charge in [0.25, 0.3) is 5.91 Å². The molecule has 1 aromatic carbocycles. The summed E-state index contributed by atoms with van der Waals surface area (Å²) < 4.78 is 1.68. The van der Waals surface area contributed by atoms with Crippen LogP contribution in [0.5, 0.6) is 0 Å². The van der Waals surface area contributed by atoms with Gasteiger partial charge in [-0.25, -0.2) is 0 Å². The van der Waals surface area contributed by atoms with Gasteiger partial charge in [0.05, 0.1) is 11.4 Å². The van der Waals surface area contributed by atoms with Crippen molar-refractivity contribution in [2.24, 2.45) is 0 Å². The summed E-state index contributed by atoms with van der Waals surface area (Å²) in [6, 6.07) is 13.6. The highest BCUT2D eigenvalue weighted by molar-refractivity contribution is 7.13. The van der Waals surface area contributed by atoms with Crippen molar-refractivity contribution in [2.45, 2.75) is 58.7 Å². The summed E-state index contributed by atoms with van der Waals surface area (Å²) in [5.74, 6) is -0.427. The molecule has 0 saturated carbocycles. The van der Waals surface area contributed by atoms with Gasteiger partial charge in [0, 0.05) is 11.2 Å². The summed E-state index contributed by atoms with van der Waals surface area (Å²) in [5.41, 5.74) is 1.58. The van der Waals surface area contributed by atoms with Crippen LogP contribution in [0.3, 0.4) is 0 Å². The molecule has 7 heteroatoms. The summed E-state index contributed by atoms with van der Waals surface area (Å²) >= 11 is 1.58. The number of nitrogens with zero attached hydrogens (tertiary/aromatic N) is 3. The molecule has 2 amide bonds. The van der Waals surface area contributed by atoms with Crippen LogP contribution in [0.15, 0.2) is 47.8 Å². The third-order valence-corrected chi connectivity index (χ3v) is 6.40. The molecule has 6 nitrogen and oxygen atoms in total. The van der Waals surface area contributed by atoms with E-state index in [0.29, 0.717) is 11.4 Å². The fourth-order valence-corrected chi connectivity index (χ4v) is 4.57. The summed E-state index contributed by atoms with van der Waals surface area (Å²) in [4.78, 5) is 29.8. The molecule has 0 spiro atoms. The lowest BCUT2D eigenvalue weighted by Gasteiger charge is -2.44. The fourth-order valence-electron chi connectivity index (χ4n) is 3.89. The predicted molar refractivity (Wildman–Crippen MR) is 124 cm³/mol. The Morgan fingerprint density at radius 1 is 1.23 bits per heavy atom. The quantitative estimate of drug-likeness (QED) is 0.654. The molecule has 1 aliphatic rings. The molecule has 1 aliphatic heterocycles. The normalized spacial score (nSPS) is 18.7. The van der Waals surface area contributed by atoms with Gasteiger partial charge >= 0.3 is 0 Å². The molecular weight excluding hydrogens is 408 g/mol. The van der Waals surface area contributed by atoms with Crippen molar-refractivity contribution in [1.82, 2.24) is 15.1 Å². The molecular formula is C24H28N4O2S. The lowest BCUT2D eigenvalue weighted by molar-refractivity contribution is -0.128. The molecule has 3 heterocycles. The Morgan fingerprint density at radius 3 is 2.52 bits per heavy atom. The van der Waals surface area contributed by atoms with E-state index >= 15 is 0 Å². The Labute approximate surface area is 186 Å². The summed E-state index contributed by atoms with van der Waals surface area (Å²) in [6.07, 6.45) is 0.910. The minimum absolute atomic E-state index is 0.202. The number of aryl methyl sites for hydroxylation is 1. The zero-order valence-electron chi connectivity index (χ0n) is 18.6. The maximum Gasteiger partial charge on any atom is 0.277 e. The number of anilines is 1. The summed E-state index contributed by atoms with van der Waals surface area (Å²) in [5, 5.41) is 9.72. The van der Waals surface area contributed by atoms with Crippen molar-refractivity contribution in [1.29, 1.82) is 0 Å². The molecule has 0 bridgehead atoms. The number of hydrogen-bond donors (Lipinski definition) is 1. The Bertz CT molecular complexity index is 1110. The molecule has 2 aromatic heterocycles. The van der Waals surface area contributed by atoms with Crippen molar-refractivity contribution in [3.05, 3.63) is 59.1 Å². The average Bonchev–Trinajstić information content (AvgIpc) is 3.37. The molecule has 3 aromatic rings. The van der Waals surface area contributed by atoms with E-state index < -0.39 is 11.1 Å². The van der Waals surface area contributed by atoms with E-state index in [1.807, 2.05) is 75.5 Å². The Balaban J connectivity index is 1.82. The van der Waals surface area contributed by atoms with Crippen LogP contribution in [0.4, 0.5) is 5.69 Å². The molecule has 0 fully saturated rings. The van der Waals surface area contributed by atoms with E-state index in [4.69, 9.17) is 0 Å². The van der Waals surface area contributed by atoms with Crippen molar-refractivity contribution in [2.75, 3.05) is 4.90 Å². The van der Waals surface area contributed by atoms with E-state index in [0.717, 1.165) is 17.0 Å². The molecule has 1 atom stereocenters. The number of thiophene rings is 1. The standard InChI is InChI=1S/C24H28N4O2S/c1-6-16-9-11-17(12-10-16)28-21(29)19-14-18(20-8-7-13-31-20)26-27(19)15-24(28,5)22(30)25-23(2,3)4/h7-14H,6,15H2,1-5H3,(H,25,30)/t24-/m0/s1. The van der Waals surface area contributed by atoms with Crippen LogP contribution in [-0.4, -0.2) is 32.7 Å². The number of rotatable bonds is 4. The third kappa shape index (κ3) is 3.90. The SMILES string of the molecule is CCc1ccc(N2C(=O)c3cc(-c4cccs4)nn3C[C@@]2(C)C(=O)NC(C)(C)C)cc1. The molecule has 0 unspecified atom stereocenters. The van der Waals surface area contributed by atoms with Gasteiger partial charge in [-0.3, -0.25) is 19.2 Å². The van der Waals surface area contributed by atoms with Crippen LogP contribution < -0.4 is 10.2 Å². The van der Waals surface area contributed by atoms with Gasteiger partial charge in [0.1, 0.15) is 16.9 Å². The second-order valence-electron chi connectivity index (χ2n) is 9.19. The first-order valence-corrected chi connectivity index (χ1v) is 11.4. The van der Waals surface area contributed by atoms with E-state index in [9.17, 15) is 9.59 Å². The monoisotopic (exact) mass is 436 g/mol.